The number of ether oxygens (including phenoxy) is 1. The first kappa shape index (κ1) is 8.53. The van der Waals surface area contributed by atoms with Crippen LogP contribution in [0.4, 0.5) is 0 Å². The quantitative estimate of drug-likeness (QED) is 0.670. The fourth-order valence-corrected chi connectivity index (χ4v) is 1.33. The van der Waals surface area contributed by atoms with Crippen LogP contribution in [0.5, 0.6) is 0 Å². The predicted octanol–water partition coefficient (Wildman–Crippen LogP) is 1.28. The molecule has 0 saturated heterocycles. The molecule has 1 aliphatic carbocycles. The molecule has 1 atom stereocenters. The van der Waals surface area contributed by atoms with E-state index < -0.39 is 12.1 Å². The standard InChI is InChI=1S/C8H14O3/c1-2-11-7(8(9)10)6-4-3-5-6/h6-7H,2-5H2,1H3,(H,9,10). The van der Waals surface area contributed by atoms with Crippen LogP contribution in [0.25, 0.3) is 0 Å². The van der Waals surface area contributed by atoms with Crippen molar-refractivity contribution in [2.24, 2.45) is 5.92 Å². The van der Waals surface area contributed by atoms with Crippen molar-refractivity contribution in [1.82, 2.24) is 0 Å². The van der Waals surface area contributed by atoms with Crippen LogP contribution in [-0.4, -0.2) is 23.8 Å². The van der Waals surface area contributed by atoms with Gasteiger partial charge in [-0.3, -0.25) is 0 Å². The molecule has 3 heteroatoms. The van der Waals surface area contributed by atoms with Crippen LogP contribution < -0.4 is 0 Å². The third-order valence-electron chi connectivity index (χ3n) is 2.17. The highest BCUT2D eigenvalue weighted by Gasteiger charge is 2.32. The summed E-state index contributed by atoms with van der Waals surface area (Å²) in [6.45, 7) is 2.32. The molecule has 0 aromatic carbocycles. The Morgan fingerprint density at radius 1 is 1.73 bits per heavy atom. The fourth-order valence-electron chi connectivity index (χ4n) is 1.33. The van der Waals surface area contributed by atoms with Gasteiger partial charge in [-0.2, -0.15) is 0 Å². The number of carbonyl (C=O) groups is 1. The average Bonchev–Trinajstić information content (AvgIpc) is 1.82. The van der Waals surface area contributed by atoms with Crippen LogP contribution in [0, 0.1) is 5.92 Å². The molecule has 0 spiro atoms. The van der Waals surface area contributed by atoms with Crippen molar-refractivity contribution in [3.05, 3.63) is 0 Å². The zero-order chi connectivity index (χ0) is 8.27. The number of hydrogen-bond acceptors (Lipinski definition) is 2. The maximum absolute atomic E-state index is 10.6. The maximum atomic E-state index is 10.6. The van der Waals surface area contributed by atoms with E-state index in [2.05, 4.69) is 0 Å². The summed E-state index contributed by atoms with van der Waals surface area (Å²) in [6.07, 6.45) is 2.63. The van der Waals surface area contributed by atoms with Gasteiger partial charge in [0.15, 0.2) is 6.10 Å². The molecule has 1 unspecified atom stereocenters. The second kappa shape index (κ2) is 3.72. The Labute approximate surface area is 66.4 Å². The van der Waals surface area contributed by atoms with Gasteiger partial charge in [0.2, 0.25) is 0 Å². The molecule has 1 fully saturated rings. The van der Waals surface area contributed by atoms with E-state index in [-0.39, 0.29) is 5.92 Å². The van der Waals surface area contributed by atoms with Gasteiger partial charge < -0.3 is 9.84 Å². The molecule has 0 aliphatic heterocycles. The van der Waals surface area contributed by atoms with Crippen molar-refractivity contribution < 1.29 is 14.6 Å². The van der Waals surface area contributed by atoms with E-state index in [1.165, 1.54) is 0 Å². The van der Waals surface area contributed by atoms with Crippen molar-refractivity contribution in [3.8, 4) is 0 Å². The molecule has 64 valence electrons. The highest BCUT2D eigenvalue weighted by Crippen LogP contribution is 2.31. The highest BCUT2D eigenvalue weighted by atomic mass is 16.5. The van der Waals surface area contributed by atoms with E-state index in [4.69, 9.17) is 9.84 Å². The zero-order valence-electron chi connectivity index (χ0n) is 6.75. The molecule has 1 aliphatic rings. The van der Waals surface area contributed by atoms with Crippen LogP contribution in [0.3, 0.4) is 0 Å². The van der Waals surface area contributed by atoms with Crippen molar-refractivity contribution in [1.29, 1.82) is 0 Å². The molecule has 0 aromatic heterocycles. The molecular formula is C8H14O3. The number of rotatable bonds is 4. The van der Waals surface area contributed by atoms with Crippen molar-refractivity contribution in [2.75, 3.05) is 6.61 Å². The molecule has 1 rings (SSSR count). The minimum Gasteiger partial charge on any atom is -0.479 e. The smallest absolute Gasteiger partial charge is 0.333 e. The van der Waals surface area contributed by atoms with Gasteiger partial charge in [0.05, 0.1) is 0 Å². The lowest BCUT2D eigenvalue weighted by molar-refractivity contribution is -0.156. The second-order valence-electron chi connectivity index (χ2n) is 2.91. The Balaban J connectivity index is 2.37. The summed E-state index contributed by atoms with van der Waals surface area (Å²) in [7, 11) is 0. The van der Waals surface area contributed by atoms with Crippen LogP contribution in [0.1, 0.15) is 26.2 Å². The minimum atomic E-state index is -0.809. The summed E-state index contributed by atoms with van der Waals surface area (Å²) in [4.78, 5) is 10.6. The predicted molar refractivity (Wildman–Crippen MR) is 40.4 cm³/mol. The van der Waals surface area contributed by atoms with Crippen LogP contribution in [0.15, 0.2) is 0 Å². The molecule has 0 amide bonds. The van der Waals surface area contributed by atoms with E-state index in [0.29, 0.717) is 6.61 Å². The van der Waals surface area contributed by atoms with Crippen molar-refractivity contribution >= 4 is 5.97 Å². The van der Waals surface area contributed by atoms with Gasteiger partial charge in [0, 0.05) is 6.61 Å². The van der Waals surface area contributed by atoms with Crippen LogP contribution in [0.2, 0.25) is 0 Å². The lowest BCUT2D eigenvalue weighted by Crippen LogP contribution is -2.36. The van der Waals surface area contributed by atoms with E-state index in [9.17, 15) is 4.79 Å². The second-order valence-corrected chi connectivity index (χ2v) is 2.91. The van der Waals surface area contributed by atoms with Gasteiger partial charge in [0.1, 0.15) is 0 Å². The molecule has 0 aromatic rings. The molecule has 0 heterocycles. The average molecular weight is 158 g/mol. The van der Waals surface area contributed by atoms with Gasteiger partial charge in [0.25, 0.3) is 0 Å². The van der Waals surface area contributed by atoms with E-state index in [1.807, 2.05) is 6.92 Å². The molecule has 11 heavy (non-hydrogen) atoms. The van der Waals surface area contributed by atoms with Gasteiger partial charge >= 0.3 is 5.97 Å². The summed E-state index contributed by atoms with van der Waals surface area (Å²) in [5, 5.41) is 8.71. The Kier molecular flexibility index (Phi) is 2.88. The number of carboxylic acids is 1. The van der Waals surface area contributed by atoms with Crippen molar-refractivity contribution in [3.63, 3.8) is 0 Å². The summed E-state index contributed by atoms with van der Waals surface area (Å²) in [6, 6.07) is 0. The zero-order valence-corrected chi connectivity index (χ0v) is 6.75. The minimum absolute atomic E-state index is 0.271. The number of aliphatic carboxylic acids is 1. The molecule has 3 nitrogen and oxygen atoms in total. The van der Waals surface area contributed by atoms with E-state index in [0.717, 1.165) is 19.3 Å². The van der Waals surface area contributed by atoms with E-state index in [1.54, 1.807) is 0 Å². The first-order chi connectivity index (χ1) is 5.25. The molecular weight excluding hydrogens is 144 g/mol. The Hall–Kier alpha value is -0.570. The largest absolute Gasteiger partial charge is 0.479 e. The topological polar surface area (TPSA) is 46.5 Å². The molecule has 0 bridgehead atoms. The SMILES string of the molecule is CCOC(C(=O)O)C1CCC1. The van der Waals surface area contributed by atoms with Gasteiger partial charge in [-0.15, -0.1) is 0 Å². The fraction of sp³-hybridized carbons (Fsp3) is 0.875. The van der Waals surface area contributed by atoms with Gasteiger partial charge in [-0.05, 0) is 25.7 Å². The summed E-state index contributed by atoms with van der Waals surface area (Å²) in [5.41, 5.74) is 0. The van der Waals surface area contributed by atoms with Crippen LogP contribution in [-0.2, 0) is 9.53 Å². The summed E-state index contributed by atoms with van der Waals surface area (Å²) in [5.74, 6) is -0.538. The maximum Gasteiger partial charge on any atom is 0.333 e. The van der Waals surface area contributed by atoms with E-state index >= 15 is 0 Å². The molecule has 1 N–H and O–H groups in total. The van der Waals surface area contributed by atoms with Crippen LogP contribution >= 0.6 is 0 Å². The first-order valence-corrected chi connectivity index (χ1v) is 4.10. The Morgan fingerprint density at radius 2 is 2.36 bits per heavy atom. The monoisotopic (exact) mass is 158 g/mol. The first-order valence-electron chi connectivity index (χ1n) is 4.10. The summed E-state index contributed by atoms with van der Waals surface area (Å²) >= 11 is 0. The Bertz CT molecular complexity index is 140. The summed E-state index contributed by atoms with van der Waals surface area (Å²) < 4.78 is 5.11. The molecule has 1 saturated carbocycles. The Morgan fingerprint density at radius 3 is 2.64 bits per heavy atom. The lowest BCUT2D eigenvalue weighted by Gasteiger charge is -2.30. The third kappa shape index (κ3) is 1.93. The highest BCUT2D eigenvalue weighted by molar-refractivity contribution is 5.72. The third-order valence-corrected chi connectivity index (χ3v) is 2.17. The molecule has 0 radical (unpaired) electrons. The van der Waals surface area contributed by atoms with Crippen molar-refractivity contribution in [2.45, 2.75) is 32.3 Å². The lowest BCUT2D eigenvalue weighted by atomic mass is 9.81. The number of carboxylic acid groups (broad SMARTS) is 1. The normalized spacial score (nSPS) is 20.8. The number of hydrogen-bond donors (Lipinski definition) is 1. The van der Waals surface area contributed by atoms with Gasteiger partial charge in [-0.1, -0.05) is 6.42 Å². The van der Waals surface area contributed by atoms with Gasteiger partial charge in [-0.25, -0.2) is 4.79 Å².